The number of hydrogen-bond acceptors (Lipinski definition) is 5. The molecule has 27 heavy (non-hydrogen) atoms. The third-order valence-corrected chi connectivity index (χ3v) is 4.65. The average Bonchev–Trinajstić information content (AvgIpc) is 2.68. The van der Waals surface area contributed by atoms with Gasteiger partial charge in [-0.2, -0.15) is 4.98 Å². The lowest BCUT2D eigenvalue weighted by molar-refractivity contribution is 0.837. The van der Waals surface area contributed by atoms with Gasteiger partial charge in [-0.15, -0.1) is 0 Å². The second kappa shape index (κ2) is 8.62. The number of para-hydroxylation sites is 1. The molecule has 0 spiro atoms. The minimum atomic E-state index is 0.441. The molecule has 3 aromatic rings. The van der Waals surface area contributed by atoms with E-state index >= 15 is 0 Å². The topological polar surface area (TPSA) is 53.9 Å². The van der Waals surface area contributed by atoms with Gasteiger partial charge < -0.3 is 10.2 Å². The molecule has 0 aliphatic rings. The first-order valence-corrected chi connectivity index (χ1v) is 9.34. The van der Waals surface area contributed by atoms with Gasteiger partial charge in [0.2, 0.25) is 5.95 Å². The van der Waals surface area contributed by atoms with Crippen molar-refractivity contribution in [2.75, 3.05) is 23.8 Å². The van der Waals surface area contributed by atoms with E-state index in [0.717, 1.165) is 24.5 Å². The number of hydrogen-bond donors (Lipinski definition) is 1. The summed E-state index contributed by atoms with van der Waals surface area (Å²) in [5.41, 5.74) is 4.90. The highest BCUT2D eigenvalue weighted by molar-refractivity contribution is 5.66. The maximum absolute atomic E-state index is 4.71. The molecular weight excluding hydrogens is 334 g/mol. The van der Waals surface area contributed by atoms with Crippen LogP contribution in [-0.4, -0.2) is 28.5 Å². The van der Waals surface area contributed by atoms with E-state index in [-0.39, 0.29) is 0 Å². The summed E-state index contributed by atoms with van der Waals surface area (Å²) < 4.78 is 0. The van der Waals surface area contributed by atoms with Crippen molar-refractivity contribution in [3.05, 3.63) is 71.7 Å². The Morgan fingerprint density at radius 2 is 1.81 bits per heavy atom. The number of pyridine rings is 1. The molecule has 0 saturated carbocycles. The summed E-state index contributed by atoms with van der Waals surface area (Å²) in [7, 11) is 2.02. The van der Waals surface area contributed by atoms with Gasteiger partial charge in [-0.3, -0.25) is 4.98 Å². The van der Waals surface area contributed by atoms with Crippen LogP contribution < -0.4 is 10.2 Å². The zero-order valence-electron chi connectivity index (χ0n) is 16.5. The highest BCUT2D eigenvalue weighted by Gasteiger charge is 2.11. The van der Waals surface area contributed by atoms with Crippen LogP contribution in [0.4, 0.5) is 17.5 Å². The van der Waals surface area contributed by atoms with Crippen LogP contribution in [0, 0.1) is 6.92 Å². The van der Waals surface area contributed by atoms with Crippen LogP contribution in [0.2, 0.25) is 0 Å². The van der Waals surface area contributed by atoms with Crippen LogP contribution in [0.3, 0.4) is 0 Å². The summed E-state index contributed by atoms with van der Waals surface area (Å²) in [5.74, 6) is 1.97. The van der Waals surface area contributed by atoms with Gasteiger partial charge in [-0.05, 0) is 54.2 Å². The molecule has 1 aromatic carbocycles. The summed E-state index contributed by atoms with van der Waals surface area (Å²) in [6.07, 6.45) is 6.38. The lowest BCUT2D eigenvalue weighted by Gasteiger charge is -2.19. The molecule has 0 fully saturated rings. The highest BCUT2D eigenvalue weighted by atomic mass is 15.2. The fourth-order valence-electron chi connectivity index (χ4n) is 3.02. The Morgan fingerprint density at radius 1 is 1.04 bits per heavy atom. The van der Waals surface area contributed by atoms with Gasteiger partial charge in [-0.1, -0.05) is 32.0 Å². The fraction of sp³-hybridized carbons (Fsp3) is 0.318. The number of aromatic nitrogens is 3. The molecule has 2 aromatic heterocycles. The second-order valence-electron chi connectivity index (χ2n) is 7.09. The lowest BCUT2D eigenvalue weighted by Crippen LogP contribution is -2.22. The van der Waals surface area contributed by atoms with Crippen LogP contribution >= 0.6 is 0 Å². The average molecular weight is 361 g/mol. The molecule has 0 aliphatic carbocycles. The third-order valence-electron chi connectivity index (χ3n) is 4.65. The van der Waals surface area contributed by atoms with Gasteiger partial charge in [0.05, 0.1) is 0 Å². The lowest BCUT2D eigenvalue weighted by atomic mass is 9.98. The quantitative estimate of drug-likeness (QED) is 0.659. The Hall–Kier alpha value is -2.95. The predicted octanol–water partition coefficient (Wildman–Crippen LogP) is 4.73. The summed E-state index contributed by atoms with van der Waals surface area (Å²) in [4.78, 5) is 15.3. The molecule has 5 heteroatoms. The van der Waals surface area contributed by atoms with Gasteiger partial charge in [0, 0.05) is 37.9 Å². The Morgan fingerprint density at radius 3 is 2.56 bits per heavy atom. The number of nitrogens with one attached hydrogen (secondary N) is 1. The first-order chi connectivity index (χ1) is 13.0. The van der Waals surface area contributed by atoms with E-state index in [1.807, 2.05) is 37.6 Å². The van der Waals surface area contributed by atoms with Gasteiger partial charge >= 0.3 is 0 Å². The number of aryl methyl sites for hydroxylation is 1. The monoisotopic (exact) mass is 361 g/mol. The first-order valence-electron chi connectivity index (χ1n) is 9.34. The Balaban J connectivity index is 1.74. The SMILES string of the molecule is Cc1cccc(C(C)C)c1Nc1ccnc(N(C)CCc2ccncc2)n1. The van der Waals surface area contributed by atoms with Crippen molar-refractivity contribution in [3.8, 4) is 0 Å². The van der Waals surface area contributed by atoms with E-state index in [2.05, 4.69) is 59.2 Å². The summed E-state index contributed by atoms with van der Waals surface area (Å²) in [5, 5.41) is 3.51. The van der Waals surface area contributed by atoms with Gasteiger partial charge in [0.15, 0.2) is 0 Å². The van der Waals surface area contributed by atoms with Crippen molar-refractivity contribution in [3.63, 3.8) is 0 Å². The molecule has 0 aliphatic heterocycles. The summed E-state index contributed by atoms with van der Waals surface area (Å²) >= 11 is 0. The van der Waals surface area contributed by atoms with Crippen LogP contribution in [-0.2, 0) is 6.42 Å². The molecule has 5 nitrogen and oxygen atoms in total. The molecule has 0 amide bonds. The Bertz CT molecular complexity index is 877. The van der Waals surface area contributed by atoms with E-state index in [1.165, 1.54) is 16.7 Å². The molecule has 0 unspecified atom stereocenters. The maximum Gasteiger partial charge on any atom is 0.227 e. The van der Waals surface area contributed by atoms with E-state index in [1.54, 1.807) is 6.20 Å². The van der Waals surface area contributed by atoms with E-state index < -0.39 is 0 Å². The number of anilines is 3. The van der Waals surface area contributed by atoms with E-state index in [4.69, 9.17) is 4.98 Å². The van der Waals surface area contributed by atoms with Crippen molar-refractivity contribution in [2.45, 2.75) is 33.1 Å². The Labute approximate surface area is 161 Å². The summed E-state index contributed by atoms with van der Waals surface area (Å²) in [6, 6.07) is 12.4. The molecule has 0 atom stereocenters. The molecule has 0 radical (unpaired) electrons. The molecule has 2 heterocycles. The normalized spacial score (nSPS) is 10.9. The van der Waals surface area contributed by atoms with E-state index in [9.17, 15) is 0 Å². The van der Waals surface area contributed by atoms with Gasteiger partial charge in [0.25, 0.3) is 0 Å². The number of benzene rings is 1. The second-order valence-corrected chi connectivity index (χ2v) is 7.09. The number of likely N-dealkylation sites (N-methyl/N-ethyl adjacent to an activating group) is 1. The molecule has 140 valence electrons. The molecule has 3 rings (SSSR count). The summed E-state index contributed by atoms with van der Waals surface area (Å²) in [6.45, 7) is 7.38. The first kappa shape index (κ1) is 18.8. The minimum Gasteiger partial charge on any atom is -0.343 e. The number of nitrogens with zero attached hydrogens (tertiary/aromatic N) is 4. The van der Waals surface area contributed by atoms with Crippen molar-refractivity contribution in [2.24, 2.45) is 0 Å². The standard InChI is InChI=1S/C22H27N5/c1-16(2)19-7-5-6-17(3)21(19)25-20-10-14-24-22(26-20)27(4)15-11-18-8-12-23-13-9-18/h5-10,12-14,16H,11,15H2,1-4H3,(H,24,25,26). The fourth-order valence-corrected chi connectivity index (χ4v) is 3.02. The van der Waals surface area contributed by atoms with Gasteiger partial charge in [0.1, 0.15) is 5.82 Å². The molecule has 1 N–H and O–H groups in total. The zero-order chi connectivity index (χ0) is 19.2. The van der Waals surface area contributed by atoms with Crippen LogP contribution in [0.1, 0.15) is 36.5 Å². The molecule has 0 bridgehead atoms. The zero-order valence-corrected chi connectivity index (χ0v) is 16.5. The van der Waals surface area contributed by atoms with Crippen LogP contribution in [0.5, 0.6) is 0 Å². The van der Waals surface area contributed by atoms with Crippen molar-refractivity contribution < 1.29 is 0 Å². The smallest absolute Gasteiger partial charge is 0.227 e. The van der Waals surface area contributed by atoms with Gasteiger partial charge in [-0.25, -0.2) is 4.98 Å². The van der Waals surface area contributed by atoms with Crippen molar-refractivity contribution >= 4 is 17.5 Å². The van der Waals surface area contributed by atoms with Crippen molar-refractivity contribution in [1.82, 2.24) is 15.0 Å². The third kappa shape index (κ3) is 4.82. The predicted molar refractivity (Wildman–Crippen MR) is 112 cm³/mol. The van der Waals surface area contributed by atoms with Crippen LogP contribution in [0.15, 0.2) is 55.0 Å². The van der Waals surface area contributed by atoms with E-state index in [0.29, 0.717) is 11.9 Å². The van der Waals surface area contributed by atoms with Crippen LogP contribution in [0.25, 0.3) is 0 Å². The largest absolute Gasteiger partial charge is 0.343 e. The minimum absolute atomic E-state index is 0.441. The molecule has 0 saturated heterocycles. The maximum atomic E-state index is 4.71. The molecular formula is C22H27N5. The van der Waals surface area contributed by atoms with Crippen molar-refractivity contribution in [1.29, 1.82) is 0 Å². The highest BCUT2D eigenvalue weighted by Crippen LogP contribution is 2.29. The Kier molecular flexibility index (Phi) is 6.01. The number of rotatable bonds is 7.